The van der Waals surface area contributed by atoms with E-state index in [1.54, 1.807) is 18.2 Å². The van der Waals surface area contributed by atoms with Crippen molar-refractivity contribution in [1.29, 1.82) is 0 Å². The van der Waals surface area contributed by atoms with Crippen LogP contribution in [0.5, 0.6) is 0 Å². The Kier molecular flexibility index (Phi) is 7.24. The molecule has 1 heterocycles. The first-order valence-corrected chi connectivity index (χ1v) is 11.8. The maximum absolute atomic E-state index is 13.0. The van der Waals surface area contributed by atoms with Crippen LogP contribution in [0.25, 0.3) is 6.08 Å². The van der Waals surface area contributed by atoms with Gasteiger partial charge >= 0.3 is 0 Å². The van der Waals surface area contributed by atoms with E-state index in [2.05, 4.69) is 5.32 Å². The zero-order valence-corrected chi connectivity index (χ0v) is 17.9. The molecule has 1 fully saturated rings. The summed E-state index contributed by atoms with van der Waals surface area (Å²) in [5.41, 5.74) is 0.583. The van der Waals surface area contributed by atoms with E-state index in [4.69, 9.17) is 0 Å². The lowest BCUT2D eigenvalue weighted by Crippen LogP contribution is -2.37. The number of sulfone groups is 1. The van der Waals surface area contributed by atoms with Crippen molar-refractivity contribution < 1.29 is 27.2 Å². The number of carbonyl (C=O) groups is 3. The van der Waals surface area contributed by atoms with Gasteiger partial charge in [0.2, 0.25) is 5.91 Å². The predicted octanol–water partition coefficient (Wildman–Crippen LogP) is 2.84. The molecule has 3 amide bonds. The Morgan fingerprint density at radius 2 is 1.74 bits per heavy atom. The molecule has 2 aromatic carbocycles. The molecule has 1 aliphatic rings. The fourth-order valence-electron chi connectivity index (χ4n) is 2.77. The minimum Gasteiger partial charge on any atom is -0.354 e. The van der Waals surface area contributed by atoms with Gasteiger partial charge in [-0.3, -0.25) is 19.3 Å². The number of imide groups is 1. The molecule has 0 aliphatic carbocycles. The fourth-order valence-corrected chi connectivity index (χ4v) is 4.90. The molecule has 1 aliphatic heterocycles. The number of benzene rings is 2. The molecule has 3 rings (SSSR count). The number of hydrogen-bond donors (Lipinski definition) is 1. The molecule has 31 heavy (non-hydrogen) atoms. The van der Waals surface area contributed by atoms with Gasteiger partial charge in [0.1, 0.15) is 5.82 Å². The highest BCUT2D eigenvalue weighted by atomic mass is 32.2. The lowest BCUT2D eigenvalue weighted by atomic mass is 10.2. The SMILES string of the molecule is O=C(CCS(=O)(=O)c1ccccc1)NCCN1C(=O)S/C(=C\c2ccc(F)cc2)C1=O. The molecule has 0 radical (unpaired) electrons. The molecular weight excluding hydrogens is 443 g/mol. The molecule has 0 atom stereocenters. The molecule has 10 heteroatoms. The lowest BCUT2D eigenvalue weighted by Gasteiger charge is -2.13. The van der Waals surface area contributed by atoms with Crippen molar-refractivity contribution in [3.8, 4) is 0 Å². The zero-order chi connectivity index (χ0) is 22.4. The Balaban J connectivity index is 1.48. The monoisotopic (exact) mass is 462 g/mol. The Morgan fingerprint density at radius 1 is 1.06 bits per heavy atom. The van der Waals surface area contributed by atoms with Crippen molar-refractivity contribution in [1.82, 2.24) is 10.2 Å². The quantitative estimate of drug-likeness (QED) is 0.606. The van der Waals surface area contributed by atoms with Gasteiger partial charge in [0, 0.05) is 19.5 Å². The second kappa shape index (κ2) is 9.88. The summed E-state index contributed by atoms with van der Waals surface area (Å²) in [6.07, 6.45) is 1.26. The number of amides is 3. The lowest BCUT2D eigenvalue weighted by molar-refractivity contribution is -0.124. The molecule has 1 N–H and O–H groups in total. The van der Waals surface area contributed by atoms with Crippen LogP contribution in [0.3, 0.4) is 0 Å². The summed E-state index contributed by atoms with van der Waals surface area (Å²) in [5, 5.41) is 2.05. The minimum atomic E-state index is -3.57. The zero-order valence-electron chi connectivity index (χ0n) is 16.3. The van der Waals surface area contributed by atoms with Crippen molar-refractivity contribution in [3.63, 3.8) is 0 Å². The van der Waals surface area contributed by atoms with Crippen molar-refractivity contribution in [2.45, 2.75) is 11.3 Å². The first-order valence-electron chi connectivity index (χ1n) is 9.32. The molecule has 0 saturated carbocycles. The highest BCUT2D eigenvalue weighted by Gasteiger charge is 2.34. The Bertz CT molecular complexity index is 1120. The van der Waals surface area contributed by atoms with E-state index in [0.717, 1.165) is 16.7 Å². The van der Waals surface area contributed by atoms with Crippen LogP contribution >= 0.6 is 11.8 Å². The second-order valence-electron chi connectivity index (χ2n) is 6.62. The summed E-state index contributed by atoms with van der Waals surface area (Å²) in [4.78, 5) is 37.9. The molecule has 0 spiro atoms. The van der Waals surface area contributed by atoms with Crippen LogP contribution in [0.4, 0.5) is 9.18 Å². The van der Waals surface area contributed by atoms with E-state index in [-0.39, 0.29) is 35.1 Å². The highest BCUT2D eigenvalue weighted by molar-refractivity contribution is 8.18. The molecule has 0 bridgehead atoms. The van der Waals surface area contributed by atoms with Crippen LogP contribution in [0.2, 0.25) is 0 Å². The first kappa shape index (κ1) is 22.7. The highest BCUT2D eigenvalue weighted by Crippen LogP contribution is 2.31. The maximum atomic E-state index is 13.0. The summed E-state index contributed by atoms with van der Waals surface area (Å²) in [5.74, 6) is -1.74. The number of carbonyl (C=O) groups excluding carboxylic acids is 3. The van der Waals surface area contributed by atoms with Gasteiger partial charge in [-0.1, -0.05) is 30.3 Å². The van der Waals surface area contributed by atoms with Crippen LogP contribution < -0.4 is 5.32 Å². The van der Waals surface area contributed by atoms with Gasteiger partial charge < -0.3 is 5.32 Å². The minimum absolute atomic E-state index is 0.00604. The largest absolute Gasteiger partial charge is 0.354 e. The van der Waals surface area contributed by atoms with E-state index >= 15 is 0 Å². The normalized spacial score (nSPS) is 15.5. The topological polar surface area (TPSA) is 101 Å². The molecule has 7 nitrogen and oxygen atoms in total. The fraction of sp³-hybridized carbons (Fsp3) is 0.190. The maximum Gasteiger partial charge on any atom is 0.293 e. The van der Waals surface area contributed by atoms with E-state index in [0.29, 0.717) is 5.56 Å². The van der Waals surface area contributed by atoms with Gasteiger partial charge in [0.25, 0.3) is 11.1 Å². The smallest absolute Gasteiger partial charge is 0.293 e. The third kappa shape index (κ3) is 6.02. The van der Waals surface area contributed by atoms with Gasteiger partial charge in [-0.15, -0.1) is 0 Å². The summed E-state index contributed by atoms with van der Waals surface area (Å²) < 4.78 is 37.4. The summed E-state index contributed by atoms with van der Waals surface area (Å²) in [7, 11) is -3.57. The van der Waals surface area contributed by atoms with Crippen molar-refractivity contribution in [2.75, 3.05) is 18.8 Å². The number of nitrogens with zero attached hydrogens (tertiary/aromatic N) is 1. The van der Waals surface area contributed by atoms with E-state index in [1.807, 2.05) is 0 Å². The van der Waals surface area contributed by atoms with Gasteiger partial charge in [-0.05, 0) is 47.7 Å². The van der Waals surface area contributed by atoms with Gasteiger partial charge in [-0.2, -0.15) is 0 Å². The van der Waals surface area contributed by atoms with E-state index in [9.17, 15) is 27.2 Å². The Morgan fingerprint density at radius 3 is 2.42 bits per heavy atom. The van der Waals surface area contributed by atoms with Crippen LogP contribution in [0.1, 0.15) is 12.0 Å². The molecular formula is C21H19FN2O5S2. The van der Waals surface area contributed by atoms with Gasteiger partial charge in [-0.25, -0.2) is 12.8 Å². The summed E-state index contributed by atoms with van der Waals surface area (Å²) in [6.45, 7) is -0.0330. The number of hydrogen-bond acceptors (Lipinski definition) is 6. The third-order valence-corrected chi connectivity index (χ3v) is 7.04. The summed E-state index contributed by atoms with van der Waals surface area (Å²) in [6, 6.07) is 13.3. The molecule has 162 valence electrons. The van der Waals surface area contributed by atoms with Crippen molar-refractivity contribution in [2.24, 2.45) is 0 Å². The van der Waals surface area contributed by atoms with Gasteiger partial charge in [0.15, 0.2) is 9.84 Å². The van der Waals surface area contributed by atoms with Crippen LogP contribution in [-0.4, -0.2) is 49.2 Å². The number of thioether (sulfide) groups is 1. The average Bonchev–Trinajstić information content (AvgIpc) is 3.02. The van der Waals surface area contributed by atoms with Crippen molar-refractivity contribution in [3.05, 3.63) is 70.9 Å². The standard InChI is InChI=1S/C21H19FN2O5S2/c22-16-8-6-15(7-9-16)14-18-20(26)24(21(27)30-18)12-11-23-19(25)10-13-31(28,29)17-4-2-1-3-5-17/h1-9,14H,10-13H2,(H,23,25)/b18-14-. The molecule has 1 saturated heterocycles. The number of halogens is 1. The predicted molar refractivity (Wildman–Crippen MR) is 115 cm³/mol. The average molecular weight is 463 g/mol. The van der Waals surface area contributed by atoms with Crippen LogP contribution in [-0.2, 0) is 19.4 Å². The summed E-state index contributed by atoms with van der Waals surface area (Å²) >= 11 is 0.764. The Labute approximate surface area is 183 Å². The molecule has 0 aromatic heterocycles. The van der Waals surface area contributed by atoms with Crippen LogP contribution in [0.15, 0.2) is 64.4 Å². The number of rotatable bonds is 8. The Hall–Kier alpha value is -2.98. The third-order valence-electron chi connectivity index (χ3n) is 4.40. The number of nitrogens with one attached hydrogen (secondary N) is 1. The van der Waals surface area contributed by atoms with Crippen molar-refractivity contribution >= 4 is 44.7 Å². The van der Waals surface area contributed by atoms with Gasteiger partial charge in [0.05, 0.1) is 15.6 Å². The van der Waals surface area contributed by atoms with Crippen LogP contribution in [0, 0.1) is 5.82 Å². The molecule has 2 aromatic rings. The van der Waals surface area contributed by atoms with E-state index < -0.39 is 32.7 Å². The first-order chi connectivity index (χ1) is 14.8. The molecule has 0 unspecified atom stereocenters. The van der Waals surface area contributed by atoms with E-state index in [1.165, 1.54) is 42.5 Å². The second-order valence-corrected chi connectivity index (χ2v) is 9.72.